The molecule has 0 aromatic carbocycles. The van der Waals surface area contributed by atoms with Crippen molar-refractivity contribution in [1.82, 2.24) is 15.3 Å². The van der Waals surface area contributed by atoms with Gasteiger partial charge in [-0.2, -0.15) is 0 Å². The minimum atomic E-state index is 0.434. The first kappa shape index (κ1) is 12.3. The molecule has 94 valence electrons. The van der Waals surface area contributed by atoms with E-state index in [1.165, 1.54) is 0 Å². The molecule has 1 aromatic heterocycles. The van der Waals surface area contributed by atoms with Crippen LogP contribution in [0.5, 0.6) is 0 Å². The molecule has 0 spiro atoms. The molecule has 2 heterocycles. The molecule has 1 unspecified atom stereocenters. The van der Waals surface area contributed by atoms with Crippen LogP contribution in [-0.2, 0) is 11.3 Å². The first-order valence-electron chi connectivity index (χ1n) is 6.13. The Hall–Kier alpha value is -1.20. The zero-order chi connectivity index (χ0) is 12.1. The predicted molar refractivity (Wildman–Crippen MR) is 67.0 cm³/mol. The second-order valence-electron chi connectivity index (χ2n) is 4.27. The number of anilines is 1. The van der Waals surface area contributed by atoms with Crippen molar-refractivity contribution in [1.29, 1.82) is 0 Å². The molecule has 1 N–H and O–H groups in total. The maximum absolute atomic E-state index is 5.38. The molecule has 1 aliphatic rings. The number of hydrogen-bond donors (Lipinski definition) is 1. The second kappa shape index (κ2) is 5.93. The summed E-state index contributed by atoms with van der Waals surface area (Å²) in [5, 5.41) is 3.23. The molecule has 5 heteroatoms. The Balaban J connectivity index is 1.96. The number of likely N-dealkylation sites (N-methyl/N-ethyl adjacent to an activating group) is 1. The van der Waals surface area contributed by atoms with E-state index in [1.807, 2.05) is 19.4 Å². The Morgan fingerprint density at radius 1 is 1.47 bits per heavy atom. The highest BCUT2D eigenvalue weighted by molar-refractivity contribution is 5.36. The van der Waals surface area contributed by atoms with Gasteiger partial charge in [0.1, 0.15) is 5.82 Å². The van der Waals surface area contributed by atoms with E-state index in [0.29, 0.717) is 6.04 Å². The van der Waals surface area contributed by atoms with Crippen molar-refractivity contribution >= 4 is 5.82 Å². The van der Waals surface area contributed by atoms with E-state index in [9.17, 15) is 0 Å². The molecule has 1 aromatic rings. The van der Waals surface area contributed by atoms with Crippen molar-refractivity contribution in [3.63, 3.8) is 0 Å². The maximum Gasteiger partial charge on any atom is 0.147 e. The Morgan fingerprint density at radius 2 is 2.35 bits per heavy atom. The van der Waals surface area contributed by atoms with Crippen molar-refractivity contribution in [2.75, 3.05) is 31.7 Å². The van der Waals surface area contributed by atoms with Crippen LogP contribution in [0.15, 0.2) is 12.4 Å². The van der Waals surface area contributed by atoms with E-state index >= 15 is 0 Å². The summed E-state index contributed by atoms with van der Waals surface area (Å²) in [6.45, 7) is 5.44. The fourth-order valence-electron chi connectivity index (χ4n) is 1.89. The molecule has 1 atom stereocenters. The Kier molecular flexibility index (Phi) is 4.28. The van der Waals surface area contributed by atoms with Crippen molar-refractivity contribution in [3.05, 3.63) is 18.1 Å². The smallest absolute Gasteiger partial charge is 0.147 e. The fourth-order valence-corrected chi connectivity index (χ4v) is 1.89. The number of hydrogen-bond acceptors (Lipinski definition) is 5. The molecular formula is C12H20N4O. The summed E-state index contributed by atoms with van der Waals surface area (Å²) < 4.78 is 5.38. The molecule has 1 aliphatic heterocycles. The largest absolute Gasteiger partial charge is 0.379 e. The van der Waals surface area contributed by atoms with Crippen LogP contribution in [0, 0.1) is 0 Å². The molecule has 5 nitrogen and oxygen atoms in total. The summed E-state index contributed by atoms with van der Waals surface area (Å²) in [6.07, 6.45) is 4.74. The third-order valence-electron chi connectivity index (χ3n) is 3.06. The van der Waals surface area contributed by atoms with Gasteiger partial charge >= 0.3 is 0 Å². The first-order chi connectivity index (χ1) is 8.31. The molecule has 0 aliphatic carbocycles. The highest BCUT2D eigenvalue weighted by atomic mass is 16.5. The van der Waals surface area contributed by atoms with Crippen LogP contribution in [0.25, 0.3) is 0 Å². The van der Waals surface area contributed by atoms with Crippen LogP contribution in [0.3, 0.4) is 0 Å². The number of ether oxygens (including phenoxy) is 1. The Morgan fingerprint density at radius 3 is 2.94 bits per heavy atom. The van der Waals surface area contributed by atoms with Crippen molar-refractivity contribution in [2.45, 2.75) is 25.9 Å². The minimum Gasteiger partial charge on any atom is -0.379 e. The third kappa shape index (κ3) is 3.14. The summed E-state index contributed by atoms with van der Waals surface area (Å²) >= 11 is 0. The third-order valence-corrected chi connectivity index (χ3v) is 3.06. The van der Waals surface area contributed by atoms with E-state index in [0.717, 1.165) is 44.2 Å². The predicted octanol–water partition coefficient (Wildman–Crippen LogP) is 0.811. The number of nitrogens with one attached hydrogen (secondary N) is 1. The SMILES string of the molecule is CCNCc1cnc(N(C)C2CCOC2)cn1. The van der Waals surface area contributed by atoms with Gasteiger partial charge in [-0.1, -0.05) is 6.92 Å². The van der Waals surface area contributed by atoms with Crippen molar-refractivity contribution in [3.8, 4) is 0 Å². The standard InChI is InChI=1S/C12H20N4O/c1-3-13-6-10-7-15-12(8-14-10)16(2)11-4-5-17-9-11/h7-8,11,13H,3-6,9H2,1-2H3. The summed E-state index contributed by atoms with van der Waals surface area (Å²) in [5.41, 5.74) is 0.978. The van der Waals surface area contributed by atoms with Gasteiger partial charge < -0.3 is 15.0 Å². The van der Waals surface area contributed by atoms with Crippen LogP contribution in [-0.4, -0.2) is 42.8 Å². The zero-order valence-electron chi connectivity index (χ0n) is 10.5. The summed E-state index contributed by atoms with van der Waals surface area (Å²) in [6, 6.07) is 0.434. The van der Waals surface area contributed by atoms with Crippen molar-refractivity contribution < 1.29 is 4.74 Å². The molecule has 1 saturated heterocycles. The highest BCUT2D eigenvalue weighted by Crippen LogP contribution is 2.16. The van der Waals surface area contributed by atoms with Gasteiger partial charge in [0.2, 0.25) is 0 Å². The van der Waals surface area contributed by atoms with Gasteiger partial charge in [0.05, 0.1) is 30.7 Å². The molecule has 2 rings (SSSR count). The van der Waals surface area contributed by atoms with Crippen LogP contribution in [0.1, 0.15) is 19.0 Å². The molecule has 1 fully saturated rings. The zero-order valence-corrected chi connectivity index (χ0v) is 10.5. The second-order valence-corrected chi connectivity index (χ2v) is 4.27. The van der Waals surface area contributed by atoms with E-state index in [4.69, 9.17) is 4.74 Å². The van der Waals surface area contributed by atoms with Crippen molar-refractivity contribution in [2.24, 2.45) is 0 Å². The van der Waals surface area contributed by atoms with Gasteiger partial charge in [-0.25, -0.2) is 4.98 Å². The molecule has 0 bridgehead atoms. The average molecular weight is 236 g/mol. The average Bonchev–Trinajstić information content (AvgIpc) is 2.90. The van der Waals surface area contributed by atoms with E-state index in [-0.39, 0.29) is 0 Å². The van der Waals surface area contributed by atoms with Crippen LogP contribution in [0.2, 0.25) is 0 Å². The topological polar surface area (TPSA) is 50.3 Å². The van der Waals surface area contributed by atoms with Gasteiger partial charge in [0, 0.05) is 20.2 Å². The van der Waals surface area contributed by atoms with Gasteiger partial charge in [0.15, 0.2) is 0 Å². The van der Waals surface area contributed by atoms with E-state index in [1.54, 1.807) is 0 Å². The highest BCUT2D eigenvalue weighted by Gasteiger charge is 2.21. The Bertz CT molecular complexity index is 335. The maximum atomic E-state index is 5.38. The van der Waals surface area contributed by atoms with Gasteiger partial charge in [-0.15, -0.1) is 0 Å². The van der Waals surface area contributed by atoms with Crippen LogP contribution in [0.4, 0.5) is 5.82 Å². The summed E-state index contributed by atoms with van der Waals surface area (Å²) in [7, 11) is 2.05. The number of aromatic nitrogens is 2. The normalized spacial score (nSPS) is 19.5. The lowest BCUT2D eigenvalue weighted by atomic mass is 10.2. The molecule has 0 amide bonds. The summed E-state index contributed by atoms with van der Waals surface area (Å²) in [4.78, 5) is 11.0. The monoisotopic (exact) mass is 236 g/mol. The quantitative estimate of drug-likeness (QED) is 0.820. The van der Waals surface area contributed by atoms with Gasteiger partial charge in [0.25, 0.3) is 0 Å². The molecule has 17 heavy (non-hydrogen) atoms. The molecule has 0 radical (unpaired) electrons. The number of rotatable bonds is 5. The van der Waals surface area contributed by atoms with E-state index in [2.05, 4.69) is 27.1 Å². The fraction of sp³-hybridized carbons (Fsp3) is 0.667. The lowest BCUT2D eigenvalue weighted by Crippen LogP contribution is -2.32. The van der Waals surface area contributed by atoms with Crippen LogP contribution >= 0.6 is 0 Å². The summed E-state index contributed by atoms with van der Waals surface area (Å²) in [5.74, 6) is 0.917. The van der Waals surface area contributed by atoms with Gasteiger partial charge in [-0.3, -0.25) is 4.98 Å². The lowest BCUT2D eigenvalue weighted by Gasteiger charge is -2.23. The molecular weight excluding hydrogens is 216 g/mol. The Labute approximate surface area is 102 Å². The minimum absolute atomic E-state index is 0.434. The molecule has 0 saturated carbocycles. The van der Waals surface area contributed by atoms with Gasteiger partial charge in [-0.05, 0) is 13.0 Å². The van der Waals surface area contributed by atoms with E-state index < -0.39 is 0 Å². The van der Waals surface area contributed by atoms with Crippen LogP contribution < -0.4 is 10.2 Å². The first-order valence-corrected chi connectivity index (χ1v) is 6.13. The number of nitrogens with zero attached hydrogens (tertiary/aromatic N) is 3. The lowest BCUT2D eigenvalue weighted by molar-refractivity contribution is 0.193.